The van der Waals surface area contributed by atoms with Crippen LogP contribution in [-0.4, -0.2) is 23.4 Å². The molecule has 1 aliphatic carbocycles. The van der Waals surface area contributed by atoms with Crippen molar-refractivity contribution in [3.05, 3.63) is 23.8 Å². The Morgan fingerprint density at radius 1 is 1.32 bits per heavy atom. The van der Waals surface area contributed by atoms with E-state index >= 15 is 0 Å². The zero-order valence-corrected chi connectivity index (χ0v) is 12.3. The Morgan fingerprint density at radius 3 is 2.58 bits per heavy atom. The molecule has 2 N–H and O–H groups in total. The summed E-state index contributed by atoms with van der Waals surface area (Å²) in [7, 11) is 0. The van der Waals surface area contributed by atoms with Crippen molar-refractivity contribution in [2.24, 2.45) is 5.92 Å². The first-order valence-electron chi connectivity index (χ1n) is 6.74. The Labute approximate surface area is 118 Å². The second-order valence-corrected chi connectivity index (χ2v) is 6.01. The first kappa shape index (κ1) is 14.3. The summed E-state index contributed by atoms with van der Waals surface area (Å²) in [6, 6.07) is 6.72. The molecule has 0 atom stereocenters. The van der Waals surface area contributed by atoms with Crippen molar-refractivity contribution in [3.63, 3.8) is 0 Å². The summed E-state index contributed by atoms with van der Waals surface area (Å²) in [6.45, 7) is 2.14. The molecule has 0 bridgehead atoms. The van der Waals surface area contributed by atoms with Gasteiger partial charge in [0.25, 0.3) is 0 Å². The number of benzene rings is 1. The molecule has 2 rings (SSSR count). The van der Waals surface area contributed by atoms with Gasteiger partial charge in [0.15, 0.2) is 0 Å². The predicted octanol–water partition coefficient (Wildman–Crippen LogP) is 3.77. The van der Waals surface area contributed by atoms with Crippen molar-refractivity contribution in [2.75, 3.05) is 11.6 Å². The summed E-state index contributed by atoms with van der Waals surface area (Å²) < 4.78 is 0. The average molecular weight is 279 g/mol. The smallest absolute Gasteiger partial charge is 0.306 e. The van der Waals surface area contributed by atoms with Crippen LogP contribution < -0.4 is 5.32 Å². The van der Waals surface area contributed by atoms with Gasteiger partial charge in [-0.25, -0.2) is 0 Å². The quantitative estimate of drug-likeness (QED) is 0.824. The van der Waals surface area contributed by atoms with Crippen LogP contribution in [0.4, 0.5) is 5.69 Å². The van der Waals surface area contributed by atoms with Gasteiger partial charge in [0.2, 0.25) is 0 Å². The molecule has 1 aromatic rings. The number of rotatable bonds is 4. The Hall–Kier alpha value is -1.16. The summed E-state index contributed by atoms with van der Waals surface area (Å²) in [5.41, 5.74) is 2.47. The van der Waals surface area contributed by atoms with Gasteiger partial charge >= 0.3 is 5.97 Å². The lowest BCUT2D eigenvalue weighted by atomic mass is 9.86. The van der Waals surface area contributed by atoms with Crippen molar-refractivity contribution < 1.29 is 9.90 Å². The van der Waals surface area contributed by atoms with Gasteiger partial charge in [-0.1, -0.05) is 6.07 Å². The lowest BCUT2D eigenvalue weighted by Crippen LogP contribution is -2.29. The first-order chi connectivity index (χ1) is 9.11. The number of carbonyl (C=O) groups is 1. The van der Waals surface area contributed by atoms with Crippen LogP contribution >= 0.6 is 11.8 Å². The van der Waals surface area contributed by atoms with Gasteiger partial charge in [-0.2, -0.15) is 0 Å². The molecule has 0 heterocycles. The van der Waals surface area contributed by atoms with Gasteiger partial charge in [-0.3, -0.25) is 4.79 Å². The van der Waals surface area contributed by atoms with Crippen molar-refractivity contribution in [3.8, 4) is 0 Å². The normalized spacial score (nSPS) is 23.1. The number of hydrogen-bond donors (Lipinski definition) is 2. The topological polar surface area (TPSA) is 49.3 Å². The van der Waals surface area contributed by atoms with E-state index in [0.29, 0.717) is 6.04 Å². The number of hydrogen-bond acceptors (Lipinski definition) is 3. The maximum absolute atomic E-state index is 10.9. The van der Waals surface area contributed by atoms with E-state index in [2.05, 4.69) is 36.7 Å². The zero-order valence-electron chi connectivity index (χ0n) is 11.5. The zero-order chi connectivity index (χ0) is 13.8. The van der Waals surface area contributed by atoms with Gasteiger partial charge in [0, 0.05) is 16.6 Å². The van der Waals surface area contributed by atoms with Crippen LogP contribution in [0.25, 0.3) is 0 Å². The standard InChI is InChI=1S/C15H21NO2S/c1-10-13(4-3-5-14(10)19-2)16-12-8-6-11(7-9-12)15(17)18/h3-5,11-12,16H,6-9H2,1-2H3,(H,17,18). The molecule has 0 amide bonds. The molecular formula is C15H21NO2S. The van der Waals surface area contributed by atoms with E-state index < -0.39 is 5.97 Å². The van der Waals surface area contributed by atoms with Crippen molar-refractivity contribution in [2.45, 2.75) is 43.5 Å². The molecule has 0 aromatic heterocycles. The summed E-state index contributed by atoms with van der Waals surface area (Å²) in [5.74, 6) is -0.782. The second-order valence-electron chi connectivity index (χ2n) is 5.16. The lowest BCUT2D eigenvalue weighted by Gasteiger charge is -2.28. The number of nitrogens with one attached hydrogen (secondary N) is 1. The van der Waals surface area contributed by atoms with Crippen LogP contribution in [0.3, 0.4) is 0 Å². The third kappa shape index (κ3) is 3.44. The number of carboxylic acid groups (broad SMARTS) is 1. The fraction of sp³-hybridized carbons (Fsp3) is 0.533. The highest BCUT2D eigenvalue weighted by atomic mass is 32.2. The molecule has 104 valence electrons. The highest BCUT2D eigenvalue weighted by molar-refractivity contribution is 7.98. The van der Waals surface area contributed by atoms with Crippen molar-refractivity contribution in [1.82, 2.24) is 0 Å². The van der Waals surface area contributed by atoms with Crippen LogP contribution in [0.1, 0.15) is 31.2 Å². The maximum atomic E-state index is 10.9. The number of anilines is 1. The molecule has 1 fully saturated rings. The van der Waals surface area contributed by atoms with Gasteiger partial charge in [-0.15, -0.1) is 11.8 Å². The predicted molar refractivity (Wildman–Crippen MR) is 80.0 cm³/mol. The van der Waals surface area contributed by atoms with Crippen LogP contribution in [-0.2, 0) is 4.79 Å². The molecule has 4 heteroatoms. The minimum atomic E-state index is -0.640. The summed E-state index contributed by atoms with van der Waals surface area (Å²) in [4.78, 5) is 12.2. The van der Waals surface area contributed by atoms with E-state index in [1.807, 2.05) is 0 Å². The molecular weight excluding hydrogens is 258 g/mol. The molecule has 3 nitrogen and oxygen atoms in total. The number of thioether (sulfide) groups is 1. The highest BCUT2D eigenvalue weighted by Gasteiger charge is 2.25. The van der Waals surface area contributed by atoms with E-state index in [0.717, 1.165) is 25.7 Å². The molecule has 0 saturated heterocycles. The van der Waals surface area contributed by atoms with Crippen LogP contribution in [0.2, 0.25) is 0 Å². The van der Waals surface area contributed by atoms with Crippen LogP contribution in [0.15, 0.2) is 23.1 Å². The highest BCUT2D eigenvalue weighted by Crippen LogP contribution is 2.30. The number of aliphatic carboxylic acids is 1. The third-order valence-corrected chi connectivity index (χ3v) is 4.82. The Morgan fingerprint density at radius 2 is 2.00 bits per heavy atom. The molecule has 1 aromatic carbocycles. The minimum absolute atomic E-state index is 0.142. The molecule has 0 spiro atoms. The molecule has 1 saturated carbocycles. The SMILES string of the molecule is CSc1cccc(NC2CCC(C(=O)O)CC2)c1C. The molecule has 19 heavy (non-hydrogen) atoms. The summed E-state index contributed by atoms with van der Waals surface area (Å²) >= 11 is 1.76. The Bertz CT molecular complexity index is 453. The van der Waals surface area contributed by atoms with E-state index in [9.17, 15) is 4.79 Å². The van der Waals surface area contributed by atoms with E-state index in [4.69, 9.17) is 5.11 Å². The fourth-order valence-electron chi connectivity index (χ4n) is 2.70. The Kier molecular flexibility index (Phi) is 4.75. The summed E-state index contributed by atoms with van der Waals surface area (Å²) in [5, 5.41) is 12.6. The van der Waals surface area contributed by atoms with Gasteiger partial charge in [-0.05, 0) is 56.6 Å². The van der Waals surface area contributed by atoms with Gasteiger partial charge < -0.3 is 10.4 Å². The van der Waals surface area contributed by atoms with E-state index in [-0.39, 0.29) is 5.92 Å². The average Bonchev–Trinajstić information content (AvgIpc) is 2.42. The molecule has 0 radical (unpaired) electrons. The van der Waals surface area contributed by atoms with Crippen molar-refractivity contribution in [1.29, 1.82) is 0 Å². The molecule has 1 aliphatic rings. The summed E-state index contributed by atoms with van der Waals surface area (Å²) in [6.07, 6.45) is 5.55. The number of carboxylic acids is 1. The van der Waals surface area contributed by atoms with Crippen LogP contribution in [0, 0.1) is 12.8 Å². The maximum Gasteiger partial charge on any atom is 0.306 e. The fourth-order valence-corrected chi connectivity index (χ4v) is 3.33. The first-order valence-corrected chi connectivity index (χ1v) is 7.97. The molecule has 0 unspecified atom stereocenters. The monoisotopic (exact) mass is 279 g/mol. The third-order valence-electron chi connectivity index (χ3n) is 3.94. The minimum Gasteiger partial charge on any atom is -0.481 e. The van der Waals surface area contributed by atoms with Gasteiger partial charge in [0.1, 0.15) is 0 Å². The Balaban J connectivity index is 1.98. The van der Waals surface area contributed by atoms with Crippen molar-refractivity contribution >= 4 is 23.4 Å². The largest absolute Gasteiger partial charge is 0.481 e. The van der Waals surface area contributed by atoms with Gasteiger partial charge in [0.05, 0.1) is 5.92 Å². The van der Waals surface area contributed by atoms with E-state index in [1.54, 1.807) is 11.8 Å². The lowest BCUT2D eigenvalue weighted by molar-refractivity contribution is -0.142. The van der Waals surface area contributed by atoms with Crippen LogP contribution in [0.5, 0.6) is 0 Å². The van der Waals surface area contributed by atoms with E-state index in [1.165, 1.54) is 16.1 Å². The second kappa shape index (κ2) is 6.33. The molecule has 0 aliphatic heterocycles.